The Hall–Kier alpha value is -1.22. The quantitative estimate of drug-likeness (QED) is 0.844. The van der Waals surface area contributed by atoms with Gasteiger partial charge in [-0.25, -0.2) is 0 Å². The van der Waals surface area contributed by atoms with Crippen molar-refractivity contribution in [2.45, 2.75) is 52.4 Å². The van der Waals surface area contributed by atoms with Crippen LogP contribution >= 0.6 is 0 Å². The van der Waals surface area contributed by atoms with E-state index in [2.05, 4.69) is 19.9 Å². The number of aliphatic hydroxyl groups is 1. The maximum atomic E-state index is 12.3. The molecule has 0 unspecified atom stereocenters. The van der Waals surface area contributed by atoms with Crippen LogP contribution in [0.15, 0.2) is 23.8 Å². The summed E-state index contributed by atoms with van der Waals surface area (Å²) in [7, 11) is 0. The van der Waals surface area contributed by atoms with E-state index in [4.69, 9.17) is 0 Å². The van der Waals surface area contributed by atoms with Gasteiger partial charge in [0.15, 0.2) is 11.6 Å². The number of carbonyl (C=O) groups is 2. The fourth-order valence-corrected chi connectivity index (χ4v) is 6.84. The molecule has 0 aromatic heterocycles. The minimum Gasteiger partial charge on any atom is -0.389 e. The van der Waals surface area contributed by atoms with Gasteiger partial charge in [0, 0.05) is 11.3 Å². The van der Waals surface area contributed by atoms with Crippen LogP contribution in [0, 0.1) is 34.5 Å². The predicted molar refractivity (Wildman–Crippen MR) is 92.2 cm³/mol. The van der Waals surface area contributed by atoms with Crippen LogP contribution in [0.2, 0.25) is 0 Å². The highest BCUT2D eigenvalue weighted by molar-refractivity contribution is 6.01. The predicted octanol–water partition coefficient (Wildman–Crippen LogP) is 3.47. The van der Waals surface area contributed by atoms with Crippen molar-refractivity contribution >= 4 is 11.6 Å². The molecule has 0 spiro atoms. The van der Waals surface area contributed by atoms with Crippen LogP contribution in [-0.4, -0.2) is 23.3 Å². The lowest BCUT2D eigenvalue weighted by Crippen LogP contribution is -2.50. The van der Waals surface area contributed by atoms with E-state index < -0.39 is 0 Å². The molecule has 1 N–H and O–H groups in total. The molecule has 24 heavy (non-hydrogen) atoms. The third kappa shape index (κ3) is 2.06. The van der Waals surface area contributed by atoms with Crippen LogP contribution in [-0.2, 0) is 9.59 Å². The van der Waals surface area contributed by atoms with Crippen LogP contribution in [0.25, 0.3) is 0 Å². The van der Waals surface area contributed by atoms with Crippen LogP contribution < -0.4 is 0 Å². The molecule has 0 saturated heterocycles. The Kier molecular flexibility index (Phi) is 3.65. The molecule has 0 radical (unpaired) electrons. The highest BCUT2D eigenvalue weighted by atomic mass is 16.3. The summed E-state index contributed by atoms with van der Waals surface area (Å²) in [6.45, 7) is 4.30. The topological polar surface area (TPSA) is 54.4 Å². The van der Waals surface area contributed by atoms with Gasteiger partial charge >= 0.3 is 0 Å². The van der Waals surface area contributed by atoms with Gasteiger partial charge in [-0.1, -0.05) is 25.5 Å². The van der Waals surface area contributed by atoms with Gasteiger partial charge in [-0.3, -0.25) is 9.59 Å². The summed E-state index contributed by atoms with van der Waals surface area (Å²) < 4.78 is 0. The van der Waals surface area contributed by atoms with E-state index >= 15 is 0 Å². The summed E-state index contributed by atoms with van der Waals surface area (Å²) in [6.07, 6.45) is 12.2. The maximum absolute atomic E-state index is 12.3. The molecule has 0 amide bonds. The van der Waals surface area contributed by atoms with Crippen molar-refractivity contribution in [1.82, 2.24) is 0 Å². The molecule has 0 aliphatic heterocycles. The number of fused-ring (bicyclic) bond motifs is 5. The Morgan fingerprint density at radius 2 is 2.00 bits per heavy atom. The van der Waals surface area contributed by atoms with E-state index in [1.54, 1.807) is 6.08 Å². The second-order valence-electron chi connectivity index (χ2n) is 8.90. The standard InChI is InChI=1S/C21H28O3/c1-20-9-7-14(23)11-13(20)3-4-15-16-5-6-18(19(24)12-22)21(16,2)10-8-17(15)20/h7,9,11,15-18,22H,3-6,8,10,12H2,1-2H3/t15-,16-,17-,18+,20+,21-/m1/s1. The third-order valence-electron chi connectivity index (χ3n) is 8.10. The van der Waals surface area contributed by atoms with Gasteiger partial charge < -0.3 is 5.11 Å². The second kappa shape index (κ2) is 5.39. The van der Waals surface area contributed by atoms with E-state index in [-0.39, 0.29) is 34.9 Å². The Balaban J connectivity index is 1.66. The van der Waals surface area contributed by atoms with Gasteiger partial charge in [0.05, 0.1) is 0 Å². The van der Waals surface area contributed by atoms with Crippen molar-refractivity contribution in [3.05, 3.63) is 23.8 Å². The number of rotatable bonds is 2. The molecule has 3 fully saturated rings. The Bertz CT molecular complexity index is 645. The van der Waals surface area contributed by atoms with Crippen LogP contribution in [0.5, 0.6) is 0 Å². The summed E-state index contributed by atoms with van der Waals surface area (Å²) in [5, 5.41) is 9.35. The first-order chi connectivity index (χ1) is 11.4. The normalized spacial score (nSPS) is 46.8. The number of allylic oxidation sites excluding steroid dienone is 4. The Morgan fingerprint density at radius 3 is 2.75 bits per heavy atom. The van der Waals surface area contributed by atoms with Gasteiger partial charge in [0.1, 0.15) is 6.61 Å². The number of hydrogen-bond donors (Lipinski definition) is 1. The first-order valence-corrected chi connectivity index (χ1v) is 9.48. The van der Waals surface area contributed by atoms with Gasteiger partial charge in [0.2, 0.25) is 0 Å². The molecule has 0 aromatic rings. The zero-order valence-electron chi connectivity index (χ0n) is 14.8. The molecule has 0 bridgehead atoms. The molecule has 4 aliphatic rings. The maximum Gasteiger partial charge on any atom is 0.178 e. The Labute approximate surface area is 144 Å². The largest absolute Gasteiger partial charge is 0.389 e. The summed E-state index contributed by atoms with van der Waals surface area (Å²) in [5.74, 6) is 2.03. The summed E-state index contributed by atoms with van der Waals surface area (Å²) in [5.41, 5.74) is 1.41. The van der Waals surface area contributed by atoms with Crippen molar-refractivity contribution in [3.8, 4) is 0 Å². The number of aliphatic hydroxyl groups excluding tert-OH is 1. The average molecular weight is 328 g/mol. The zero-order valence-corrected chi connectivity index (χ0v) is 14.8. The number of Topliss-reactive ketones (excluding diaryl/α,β-unsaturated/α-hetero) is 1. The second-order valence-corrected chi connectivity index (χ2v) is 8.90. The lowest BCUT2D eigenvalue weighted by molar-refractivity contribution is -0.132. The van der Waals surface area contributed by atoms with E-state index in [0.29, 0.717) is 17.8 Å². The van der Waals surface area contributed by atoms with E-state index in [0.717, 1.165) is 38.5 Å². The lowest BCUT2D eigenvalue weighted by Gasteiger charge is -2.56. The molecular formula is C21H28O3. The minimum absolute atomic E-state index is 0.0250. The van der Waals surface area contributed by atoms with Crippen LogP contribution in [0.1, 0.15) is 52.4 Å². The molecule has 130 valence electrons. The number of hydrogen-bond acceptors (Lipinski definition) is 3. The van der Waals surface area contributed by atoms with E-state index in [1.807, 2.05) is 6.08 Å². The summed E-state index contributed by atoms with van der Waals surface area (Å²) in [4.78, 5) is 24.0. The molecule has 0 aromatic carbocycles. The van der Waals surface area contributed by atoms with Gasteiger partial charge in [0.25, 0.3) is 0 Å². The SMILES string of the molecule is C[C@@]12CC[C@@H]3[C@H](CCC4=CC(=O)C=C[C@@]43C)[C@H]1CC[C@H]2C(=O)CO. The van der Waals surface area contributed by atoms with Crippen LogP contribution in [0.4, 0.5) is 0 Å². The number of carbonyl (C=O) groups excluding carboxylic acids is 2. The fraction of sp³-hybridized carbons (Fsp3) is 0.714. The molecule has 6 atom stereocenters. The number of ketones is 2. The van der Waals surface area contributed by atoms with Gasteiger partial charge in [-0.05, 0) is 73.8 Å². The molecule has 4 rings (SSSR count). The fourth-order valence-electron chi connectivity index (χ4n) is 6.84. The first kappa shape index (κ1) is 16.3. The van der Waals surface area contributed by atoms with Gasteiger partial charge in [-0.2, -0.15) is 0 Å². The van der Waals surface area contributed by atoms with Gasteiger partial charge in [-0.15, -0.1) is 0 Å². The van der Waals surface area contributed by atoms with E-state index in [9.17, 15) is 14.7 Å². The molecule has 3 nitrogen and oxygen atoms in total. The zero-order chi connectivity index (χ0) is 17.1. The van der Waals surface area contributed by atoms with Crippen molar-refractivity contribution < 1.29 is 14.7 Å². The highest BCUT2D eigenvalue weighted by Crippen LogP contribution is 2.65. The van der Waals surface area contributed by atoms with Crippen molar-refractivity contribution in [3.63, 3.8) is 0 Å². The molecular weight excluding hydrogens is 300 g/mol. The average Bonchev–Trinajstić information content (AvgIpc) is 2.92. The lowest BCUT2D eigenvalue weighted by atomic mass is 9.47. The van der Waals surface area contributed by atoms with Crippen molar-refractivity contribution in [2.75, 3.05) is 6.61 Å². The highest BCUT2D eigenvalue weighted by Gasteiger charge is 2.59. The first-order valence-electron chi connectivity index (χ1n) is 9.48. The van der Waals surface area contributed by atoms with Crippen molar-refractivity contribution in [1.29, 1.82) is 0 Å². The molecule has 4 aliphatic carbocycles. The molecule has 0 heterocycles. The molecule has 3 saturated carbocycles. The summed E-state index contributed by atoms with van der Waals surface area (Å²) in [6, 6.07) is 0. The smallest absolute Gasteiger partial charge is 0.178 e. The Morgan fingerprint density at radius 1 is 1.21 bits per heavy atom. The third-order valence-corrected chi connectivity index (χ3v) is 8.10. The van der Waals surface area contributed by atoms with Crippen molar-refractivity contribution in [2.24, 2.45) is 34.5 Å². The molecule has 3 heteroatoms. The van der Waals surface area contributed by atoms with E-state index in [1.165, 1.54) is 5.57 Å². The summed E-state index contributed by atoms with van der Waals surface area (Å²) >= 11 is 0. The van der Waals surface area contributed by atoms with Crippen LogP contribution in [0.3, 0.4) is 0 Å². The minimum atomic E-state index is -0.309. The monoisotopic (exact) mass is 328 g/mol.